The molecule has 1 aromatic rings. The number of rotatable bonds is 2. The average molecular weight is 183 g/mol. The number of pyridine rings is 1. The lowest BCUT2D eigenvalue weighted by molar-refractivity contribution is -0.581. The summed E-state index contributed by atoms with van der Waals surface area (Å²) in [6.45, 7) is 0. The molecule has 12 heavy (non-hydrogen) atoms. The molecule has 0 saturated carbocycles. The molecular formula is C8H10NO2P. The molecule has 1 rings (SSSR count). The standard InChI is InChI=1S/C8H10NO2P/c1-11-8(10)7(12)9-5-3-2-4-6-9/h2-6H,12H2,1H3/b8-7-. The predicted molar refractivity (Wildman–Crippen MR) is 46.6 cm³/mol. The lowest BCUT2D eigenvalue weighted by Crippen LogP contribution is -2.31. The molecule has 1 atom stereocenters. The highest BCUT2D eigenvalue weighted by Crippen LogP contribution is 2.06. The Labute approximate surface area is 73.5 Å². The van der Waals surface area contributed by atoms with Gasteiger partial charge in [0.2, 0.25) is 5.44 Å². The molecule has 0 radical (unpaired) electrons. The van der Waals surface area contributed by atoms with E-state index in [9.17, 15) is 5.11 Å². The van der Waals surface area contributed by atoms with E-state index in [0.29, 0.717) is 5.44 Å². The fraction of sp³-hybridized carbons (Fsp3) is 0.125. The zero-order chi connectivity index (χ0) is 8.97. The van der Waals surface area contributed by atoms with Crippen molar-refractivity contribution in [3.05, 3.63) is 36.5 Å². The maximum absolute atomic E-state index is 11.0. The van der Waals surface area contributed by atoms with Crippen LogP contribution >= 0.6 is 9.24 Å². The van der Waals surface area contributed by atoms with Crippen LogP contribution in [0.4, 0.5) is 0 Å². The predicted octanol–water partition coefficient (Wildman–Crippen LogP) is -0.0605. The van der Waals surface area contributed by atoms with Gasteiger partial charge >= 0.3 is 0 Å². The first-order chi connectivity index (χ1) is 5.75. The topological polar surface area (TPSA) is 36.2 Å². The summed E-state index contributed by atoms with van der Waals surface area (Å²) >= 11 is 0. The Balaban J connectivity index is 3.00. The van der Waals surface area contributed by atoms with Crippen molar-refractivity contribution in [1.82, 2.24) is 0 Å². The Kier molecular flexibility index (Phi) is 3.06. The number of methoxy groups -OCH3 is 1. The lowest BCUT2D eigenvalue weighted by Gasteiger charge is -2.07. The molecule has 0 fully saturated rings. The molecular weight excluding hydrogens is 173 g/mol. The van der Waals surface area contributed by atoms with E-state index in [1.807, 2.05) is 18.2 Å². The molecule has 0 amide bonds. The Hall–Kier alpha value is -1.08. The molecule has 0 saturated heterocycles. The van der Waals surface area contributed by atoms with Gasteiger partial charge < -0.3 is 9.84 Å². The Morgan fingerprint density at radius 1 is 1.33 bits per heavy atom. The van der Waals surface area contributed by atoms with Crippen molar-refractivity contribution in [3.8, 4) is 0 Å². The molecule has 0 spiro atoms. The molecule has 64 valence electrons. The van der Waals surface area contributed by atoms with Crippen LogP contribution in [0.5, 0.6) is 0 Å². The van der Waals surface area contributed by atoms with Crippen LogP contribution in [-0.4, -0.2) is 7.11 Å². The van der Waals surface area contributed by atoms with Crippen LogP contribution in [0.25, 0.3) is 5.44 Å². The summed E-state index contributed by atoms with van der Waals surface area (Å²) in [5, 5.41) is 11.0. The van der Waals surface area contributed by atoms with Crippen LogP contribution in [0.2, 0.25) is 0 Å². The second kappa shape index (κ2) is 4.07. The van der Waals surface area contributed by atoms with E-state index < -0.39 is 0 Å². The first-order valence-corrected chi connectivity index (χ1v) is 4.01. The number of aromatic nitrogens is 1. The molecule has 0 bridgehead atoms. The highest BCUT2D eigenvalue weighted by Gasteiger charge is 2.03. The van der Waals surface area contributed by atoms with E-state index in [4.69, 9.17) is 0 Å². The SMILES string of the molecule is CO/C([O-])=C(\P)[n+]1ccccc1. The van der Waals surface area contributed by atoms with Gasteiger partial charge in [-0.05, 0) is 16.3 Å². The Morgan fingerprint density at radius 3 is 2.42 bits per heavy atom. The van der Waals surface area contributed by atoms with Crippen LogP contribution in [0.15, 0.2) is 36.5 Å². The van der Waals surface area contributed by atoms with Crippen molar-refractivity contribution >= 4 is 14.7 Å². The largest absolute Gasteiger partial charge is 0.612 e. The van der Waals surface area contributed by atoms with Gasteiger partial charge in [0.1, 0.15) is 5.95 Å². The summed E-state index contributed by atoms with van der Waals surface area (Å²) in [7, 11) is 3.69. The van der Waals surface area contributed by atoms with Gasteiger partial charge in [-0.3, -0.25) is 0 Å². The van der Waals surface area contributed by atoms with E-state index in [1.54, 1.807) is 17.0 Å². The zero-order valence-corrected chi connectivity index (χ0v) is 7.88. The van der Waals surface area contributed by atoms with Gasteiger partial charge in [-0.15, -0.1) is 0 Å². The molecule has 3 nitrogen and oxygen atoms in total. The van der Waals surface area contributed by atoms with E-state index in [2.05, 4.69) is 14.0 Å². The average Bonchev–Trinajstić information content (AvgIpc) is 2.17. The molecule has 0 aliphatic carbocycles. The van der Waals surface area contributed by atoms with Crippen LogP contribution in [0.1, 0.15) is 0 Å². The van der Waals surface area contributed by atoms with Crippen LogP contribution in [-0.2, 0) is 4.74 Å². The first kappa shape index (κ1) is 9.01. The van der Waals surface area contributed by atoms with E-state index in [0.717, 1.165) is 0 Å². The number of hydrogen-bond acceptors (Lipinski definition) is 2. The van der Waals surface area contributed by atoms with Crippen molar-refractivity contribution in [3.63, 3.8) is 0 Å². The summed E-state index contributed by atoms with van der Waals surface area (Å²) < 4.78 is 6.23. The third kappa shape index (κ3) is 1.95. The normalized spacial score (nSPS) is 12.2. The second-order valence-electron chi connectivity index (χ2n) is 2.16. The summed E-state index contributed by atoms with van der Waals surface area (Å²) in [6, 6.07) is 5.56. The number of hydrogen-bond donors (Lipinski definition) is 0. The minimum absolute atomic E-state index is 0.351. The zero-order valence-electron chi connectivity index (χ0n) is 6.73. The smallest absolute Gasteiger partial charge is 0.222 e. The van der Waals surface area contributed by atoms with Crippen molar-refractivity contribution in [1.29, 1.82) is 0 Å². The molecule has 0 aliphatic rings. The molecule has 0 N–H and O–H groups in total. The monoisotopic (exact) mass is 183 g/mol. The van der Waals surface area contributed by atoms with Gasteiger partial charge in [0.15, 0.2) is 12.4 Å². The molecule has 1 unspecified atom stereocenters. The van der Waals surface area contributed by atoms with Gasteiger partial charge in [-0.25, -0.2) is 0 Å². The first-order valence-electron chi connectivity index (χ1n) is 3.43. The second-order valence-corrected chi connectivity index (χ2v) is 2.71. The van der Waals surface area contributed by atoms with Crippen molar-refractivity contribution < 1.29 is 14.4 Å². The van der Waals surface area contributed by atoms with Crippen molar-refractivity contribution in [2.24, 2.45) is 0 Å². The number of nitrogens with zero attached hydrogens (tertiary/aromatic N) is 1. The third-order valence-electron chi connectivity index (χ3n) is 1.39. The van der Waals surface area contributed by atoms with Crippen molar-refractivity contribution in [2.45, 2.75) is 0 Å². The van der Waals surface area contributed by atoms with Crippen LogP contribution in [0.3, 0.4) is 0 Å². The van der Waals surface area contributed by atoms with Crippen LogP contribution < -0.4 is 9.67 Å². The Morgan fingerprint density at radius 2 is 1.92 bits per heavy atom. The Bertz CT molecular complexity index is 284. The third-order valence-corrected chi connectivity index (χ3v) is 1.92. The molecule has 0 aliphatic heterocycles. The minimum Gasteiger partial charge on any atom is -0.612 e. The molecule has 4 heteroatoms. The van der Waals surface area contributed by atoms with Crippen LogP contribution in [0, 0.1) is 0 Å². The van der Waals surface area contributed by atoms with Gasteiger partial charge in [0.25, 0.3) is 0 Å². The maximum Gasteiger partial charge on any atom is 0.222 e. The lowest BCUT2D eigenvalue weighted by atomic mass is 10.5. The van der Waals surface area contributed by atoms with E-state index >= 15 is 0 Å². The quantitative estimate of drug-likeness (QED) is 0.366. The summed E-state index contributed by atoms with van der Waals surface area (Å²) in [5.74, 6) is -0.351. The van der Waals surface area contributed by atoms with E-state index in [-0.39, 0.29) is 5.95 Å². The van der Waals surface area contributed by atoms with Gasteiger partial charge in [-0.1, -0.05) is 6.07 Å². The summed E-state index contributed by atoms with van der Waals surface area (Å²) in [6.07, 6.45) is 3.55. The fourth-order valence-electron chi connectivity index (χ4n) is 0.769. The maximum atomic E-state index is 11.0. The molecule has 1 heterocycles. The van der Waals surface area contributed by atoms with E-state index in [1.165, 1.54) is 7.11 Å². The van der Waals surface area contributed by atoms with Gasteiger partial charge in [0, 0.05) is 12.1 Å². The highest BCUT2D eigenvalue weighted by molar-refractivity contribution is 7.29. The van der Waals surface area contributed by atoms with Gasteiger partial charge in [-0.2, -0.15) is 4.57 Å². The fourth-order valence-corrected chi connectivity index (χ4v) is 1.06. The number of ether oxygens (including phenoxy) is 1. The molecule has 0 aromatic carbocycles. The summed E-state index contributed by atoms with van der Waals surface area (Å²) in [4.78, 5) is 0. The van der Waals surface area contributed by atoms with Gasteiger partial charge in [0.05, 0.1) is 0 Å². The summed E-state index contributed by atoms with van der Waals surface area (Å²) in [5.41, 5.74) is 0.470. The minimum atomic E-state index is -0.351. The molecule has 1 aromatic heterocycles. The highest BCUT2D eigenvalue weighted by atomic mass is 31.0. The van der Waals surface area contributed by atoms with Crippen molar-refractivity contribution in [2.75, 3.05) is 7.11 Å².